The zero-order valence-electron chi connectivity index (χ0n) is 8.32. The van der Waals surface area contributed by atoms with Crippen LogP contribution >= 0.6 is 0 Å². The molecule has 14 heavy (non-hydrogen) atoms. The molecule has 1 aliphatic rings. The number of hydrogen-bond donors (Lipinski definition) is 1. The largest absolute Gasteiger partial charge is 0.494 e. The average molecular weight is 193 g/mol. The molecule has 1 aromatic rings. The van der Waals surface area contributed by atoms with Crippen LogP contribution in [0, 0.1) is 0 Å². The fourth-order valence-corrected chi connectivity index (χ4v) is 1.47. The Morgan fingerprint density at radius 2 is 2.00 bits per heavy atom. The molecule has 76 valence electrons. The molecule has 2 N–H and O–H groups in total. The Morgan fingerprint density at radius 1 is 1.29 bits per heavy atom. The standard InChI is InChI=1S/C11H15NO2/c1-13-9-6-3-7-10(11(9)12)14-8-4-2-5-8/h3,6-8H,2,4-5,12H2,1H3. The maximum atomic E-state index is 5.87. The Morgan fingerprint density at radius 3 is 2.57 bits per heavy atom. The molecule has 0 heterocycles. The number of anilines is 1. The Kier molecular flexibility index (Phi) is 2.48. The summed E-state index contributed by atoms with van der Waals surface area (Å²) in [5.41, 5.74) is 6.47. The molecule has 0 bridgehead atoms. The topological polar surface area (TPSA) is 44.5 Å². The van der Waals surface area contributed by atoms with Crippen LogP contribution in [0.15, 0.2) is 18.2 Å². The van der Waals surface area contributed by atoms with Crippen molar-refractivity contribution in [3.8, 4) is 11.5 Å². The van der Waals surface area contributed by atoms with Gasteiger partial charge in [0.25, 0.3) is 0 Å². The van der Waals surface area contributed by atoms with E-state index in [9.17, 15) is 0 Å². The van der Waals surface area contributed by atoms with Crippen LogP contribution in [0.3, 0.4) is 0 Å². The SMILES string of the molecule is COc1cccc(OC2CCC2)c1N. The Hall–Kier alpha value is -1.38. The number of hydrogen-bond acceptors (Lipinski definition) is 3. The van der Waals surface area contributed by atoms with E-state index in [1.165, 1.54) is 6.42 Å². The van der Waals surface area contributed by atoms with Crippen LogP contribution < -0.4 is 15.2 Å². The van der Waals surface area contributed by atoms with E-state index in [1.807, 2.05) is 18.2 Å². The van der Waals surface area contributed by atoms with Gasteiger partial charge in [0.1, 0.15) is 17.2 Å². The lowest BCUT2D eigenvalue weighted by molar-refractivity contribution is 0.121. The molecule has 0 unspecified atom stereocenters. The van der Waals surface area contributed by atoms with Crippen molar-refractivity contribution >= 4 is 5.69 Å². The molecule has 3 heteroatoms. The van der Waals surface area contributed by atoms with Crippen molar-refractivity contribution in [3.63, 3.8) is 0 Å². The van der Waals surface area contributed by atoms with Crippen LogP contribution in [-0.2, 0) is 0 Å². The molecular formula is C11H15NO2. The van der Waals surface area contributed by atoms with Crippen molar-refractivity contribution in [1.29, 1.82) is 0 Å². The summed E-state index contributed by atoms with van der Waals surface area (Å²) < 4.78 is 10.8. The molecular weight excluding hydrogens is 178 g/mol. The van der Waals surface area contributed by atoms with Crippen LogP contribution in [0.4, 0.5) is 5.69 Å². The van der Waals surface area contributed by atoms with Gasteiger partial charge in [-0.1, -0.05) is 6.07 Å². The van der Waals surface area contributed by atoms with Crippen LogP contribution in [0.2, 0.25) is 0 Å². The van der Waals surface area contributed by atoms with Crippen molar-refractivity contribution in [1.82, 2.24) is 0 Å². The van der Waals surface area contributed by atoms with Crippen LogP contribution in [-0.4, -0.2) is 13.2 Å². The van der Waals surface area contributed by atoms with E-state index < -0.39 is 0 Å². The van der Waals surface area contributed by atoms with E-state index in [0.717, 1.165) is 18.6 Å². The molecule has 0 saturated heterocycles. The molecule has 1 aliphatic carbocycles. The van der Waals surface area contributed by atoms with Crippen LogP contribution in [0.1, 0.15) is 19.3 Å². The van der Waals surface area contributed by atoms with Crippen molar-refractivity contribution < 1.29 is 9.47 Å². The van der Waals surface area contributed by atoms with Crippen molar-refractivity contribution in [2.24, 2.45) is 0 Å². The van der Waals surface area contributed by atoms with Gasteiger partial charge < -0.3 is 15.2 Å². The van der Waals surface area contributed by atoms with Gasteiger partial charge in [-0.05, 0) is 31.4 Å². The van der Waals surface area contributed by atoms with Gasteiger partial charge in [0.15, 0.2) is 0 Å². The highest BCUT2D eigenvalue weighted by molar-refractivity contribution is 5.62. The summed E-state index contributed by atoms with van der Waals surface area (Å²) in [4.78, 5) is 0. The van der Waals surface area contributed by atoms with Gasteiger partial charge >= 0.3 is 0 Å². The highest BCUT2D eigenvalue weighted by Gasteiger charge is 2.20. The first kappa shape index (κ1) is 9.19. The molecule has 1 fully saturated rings. The summed E-state index contributed by atoms with van der Waals surface area (Å²) in [6, 6.07) is 5.61. The Bertz CT molecular complexity index is 321. The molecule has 3 nitrogen and oxygen atoms in total. The zero-order valence-corrected chi connectivity index (χ0v) is 8.32. The second kappa shape index (κ2) is 3.78. The minimum Gasteiger partial charge on any atom is -0.494 e. The normalized spacial score (nSPS) is 16.1. The predicted molar refractivity (Wildman–Crippen MR) is 55.7 cm³/mol. The Balaban J connectivity index is 2.15. The van der Waals surface area contributed by atoms with Crippen molar-refractivity contribution in [3.05, 3.63) is 18.2 Å². The lowest BCUT2D eigenvalue weighted by atomic mass is 9.96. The summed E-state index contributed by atoms with van der Waals surface area (Å²) in [5, 5.41) is 0. The minimum absolute atomic E-state index is 0.351. The molecule has 0 aliphatic heterocycles. The van der Waals surface area contributed by atoms with Crippen LogP contribution in [0.25, 0.3) is 0 Å². The number of ether oxygens (including phenoxy) is 2. The molecule has 2 rings (SSSR count). The molecule has 0 atom stereocenters. The smallest absolute Gasteiger partial charge is 0.146 e. The van der Waals surface area contributed by atoms with Gasteiger partial charge in [0.05, 0.1) is 13.2 Å². The van der Waals surface area contributed by atoms with Gasteiger partial charge in [-0.15, -0.1) is 0 Å². The highest BCUT2D eigenvalue weighted by atomic mass is 16.5. The molecule has 0 aromatic heterocycles. The Labute approximate surface area is 83.8 Å². The van der Waals surface area contributed by atoms with Crippen molar-refractivity contribution in [2.75, 3.05) is 12.8 Å². The third-order valence-electron chi connectivity index (χ3n) is 2.59. The average Bonchev–Trinajstić information content (AvgIpc) is 2.13. The van der Waals surface area contributed by atoms with Gasteiger partial charge in [0.2, 0.25) is 0 Å². The third-order valence-corrected chi connectivity index (χ3v) is 2.59. The fraction of sp³-hybridized carbons (Fsp3) is 0.455. The predicted octanol–water partition coefficient (Wildman–Crippen LogP) is 2.21. The van der Waals surface area contributed by atoms with E-state index in [-0.39, 0.29) is 0 Å². The summed E-state index contributed by atoms with van der Waals surface area (Å²) >= 11 is 0. The second-order valence-corrected chi connectivity index (χ2v) is 3.54. The fourth-order valence-electron chi connectivity index (χ4n) is 1.47. The first-order chi connectivity index (χ1) is 6.81. The number of para-hydroxylation sites is 1. The van der Waals surface area contributed by atoms with E-state index in [4.69, 9.17) is 15.2 Å². The van der Waals surface area contributed by atoms with E-state index in [1.54, 1.807) is 7.11 Å². The van der Waals surface area contributed by atoms with Crippen molar-refractivity contribution in [2.45, 2.75) is 25.4 Å². The van der Waals surface area contributed by atoms with Crippen LogP contribution in [0.5, 0.6) is 11.5 Å². The maximum absolute atomic E-state index is 5.87. The number of rotatable bonds is 3. The first-order valence-corrected chi connectivity index (χ1v) is 4.90. The number of benzene rings is 1. The van der Waals surface area contributed by atoms with Gasteiger partial charge in [-0.25, -0.2) is 0 Å². The molecule has 0 amide bonds. The quantitative estimate of drug-likeness (QED) is 0.748. The maximum Gasteiger partial charge on any atom is 0.146 e. The third kappa shape index (κ3) is 1.62. The van der Waals surface area contributed by atoms with Gasteiger partial charge in [-0.3, -0.25) is 0 Å². The van der Waals surface area contributed by atoms with Gasteiger partial charge in [-0.2, -0.15) is 0 Å². The zero-order chi connectivity index (χ0) is 9.97. The summed E-state index contributed by atoms with van der Waals surface area (Å²) in [5.74, 6) is 1.43. The lowest BCUT2D eigenvalue weighted by Crippen LogP contribution is -2.24. The molecule has 0 radical (unpaired) electrons. The van der Waals surface area contributed by atoms with Gasteiger partial charge in [0, 0.05) is 0 Å². The monoisotopic (exact) mass is 193 g/mol. The van der Waals surface area contributed by atoms with E-state index >= 15 is 0 Å². The first-order valence-electron chi connectivity index (χ1n) is 4.90. The molecule has 0 spiro atoms. The number of nitrogen functional groups attached to an aromatic ring is 1. The lowest BCUT2D eigenvalue weighted by Gasteiger charge is -2.27. The number of nitrogens with two attached hydrogens (primary N) is 1. The second-order valence-electron chi connectivity index (χ2n) is 3.54. The highest BCUT2D eigenvalue weighted by Crippen LogP contribution is 2.34. The van der Waals surface area contributed by atoms with E-state index in [0.29, 0.717) is 17.5 Å². The summed E-state index contributed by atoms with van der Waals surface area (Å²) in [6.07, 6.45) is 3.88. The number of methoxy groups -OCH3 is 1. The molecule has 1 aromatic carbocycles. The molecule has 1 saturated carbocycles. The summed E-state index contributed by atoms with van der Waals surface area (Å²) in [7, 11) is 1.61. The van der Waals surface area contributed by atoms with E-state index in [2.05, 4.69) is 0 Å². The minimum atomic E-state index is 0.351. The summed E-state index contributed by atoms with van der Waals surface area (Å²) in [6.45, 7) is 0.